The zero-order valence-electron chi connectivity index (χ0n) is 7.13. The first-order valence-corrected chi connectivity index (χ1v) is 4.31. The fraction of sp³-hybridized carbons (Fsp3) is 0.400. The molecule has 1 aliphatic rings. The molecule has 0 saturated heterocycles. The number of nitrogens with zero attached hydrogens (tertiary/aromatic N) is 2. The highest BCUT2D eigenvalue weighted by atomic mass is 19.1. The summed E-state index contributed by atoms with van der Waals surface area (Å²) in [4.78, 5) is 3.56. The van der Waals surface area contributed by atoms with Crippen LogP contribution in [0.5, 0.6) is 0 Å². The molecule has 1 aliphatic carbocycles. The molecule has 3 heteroatoms. The van der Waals surface area contributed by atoms with Crippen LogP contribution >= 0.6 is 0 Å². The zero-order chi connectivity index (χ0) is 9.31. The lowest BCUT2D eigenvalue weighted by atomic mass is 9.66. The summed E-state index contributed by atoms with van der Waals surface area (Å²) in [5.41, 5.74) is -0.123. The maximum absolute atomic E-state index is 13.2. The number of pyridine rings is 1. The van der Waals surface area contributed by atoms with Crippen LogP contribution in [0.2, 0.25) is 0 Å². The minimum Gasteiger partial charge on any atom is -0.228 e. The second-order valence-corrected chi connectivity index (χ2v) is 3.39. The molecule has 1 heterocycles. The van der Waals surface area contributed by atoms with Crippen LogP contribution in [0.1, 0.15) is 24.8 Å². The van der Waals surface area contributed by atoms with Gasteiger partial charge in [-0.05, 0) is 25.3 Å². The van der Waals surface area contributed by atoms with Gasteiger partial charge >= 0.3 is 0 Å². The Morgan fingerprint density at radius 1 is 1.54 bits per heavy atom. The molecule has 13 heavy (non-hydrogen) atoms. The monoisotopic (exact) mass is 176 g/mol. The molecule has 0 aliphatic heterocycles. The van der Waals surface area contributed by atoms with E-state index in [1.54, 1.807) is 12.1 Å². The van der Waals surface area contributed by atoms with E-state index in [-0.39, 0.29) is 0 Å². The Hall–Kier alpha value is -1.43. The number of hydrogen-bond acceptors (Lipinski definition) is 2. The van der Waals surface area contributed by atoms with Crippen molar-refractivity contribution in [3.05, 3.63) is 29.8 Å². The minimum atomic E-state index is -0.585. The molecule has 0 atom stereocenters. The van der Waals surface area contributed by atoms with E-state index in [2.05, 4.69) is 11.1 Å². The van der Waals surface area contributed by atoms with E-state index in [9.17, 15) is 4.39 Å². The van der Waals surface area contributed by atoms with Crippen molar-refractivity contribution in [3.8, 4) is 6.07 Å². The smallest absolute Gasteiger partial charge is 0.217 e. The summed E-state index contributed by atoms with van der Waals surface area (Å²) in [5, 5.41) is 8.97. The Morgan fingerprint density at radius 3 is 2.77 bits per heavy atom. The molecule has 0 radical (unpaired) electrons. The maximum Gasteiger partial charge on any atom is 0.217 e. The molecule has 2 rings (SSSR count). The fourth-order valence-corrected chi connectivity index (χ4v) is 1.71. The molecule has 0 unspecified atom stereocenters. The van der Waals surface area contributed by atoms with Gasteiger partial charge in [-0.2, -0.15) is 9.65 Å². The first kappa shape index (κ1) is 8.18. The van der Waals surface area contributed by atoms with Crippen LogP contribution in [0.25, 0.3) is 0 Å². The van der Waals surface area contributed by atoms with Crippen molar-refractivity contribution >= 4 is 0 Å². The Morgan fingerprint density at radius 2 is 2.31 bits per heavy atom. The van der Waals surface area contributed by atoms with Gasteiger partial charge in [0.1, 0.15) is 0 Å². The summed E-state index contributed by atoms with van der Waals surface area (Å²) < 4.78 is 13.2. The summed E-state index contributed by atoms with van der Waals surface area (Å²) in [5.74, 6) is -0.497. The summed E-state index contributed by atoms with van der Waals surface area (Å²) >= 11 is 0. The predicted octanol–water partition coefficient (Wildman–Crippen LogP) is 2.17. The van der Waals surface area contributed by atoms with E-state index in [1.807, 2.05) is 0 Å². The van der Waals surface area contributed by atoms with E-state index in [1.165, 1.54) is 6.20 Å². The van der Waals surface area contributed by atoms with Gasteiger partial charge in [0.15, 0.2) is 0 Å². The lowest BCUT2D eigenvalue weighted by molar-refractivity contribution is 0.310. The molecular formula is C10H9FN2. The quantitative estimate of drug-likeness (QED) is 0.615. The van der Waals surface area contributed by atoms with Crippen molar-refractivity contribution in [2.45, 2.75) is 24.7 Å². The topological polar surface area (TPSA) is 36.7 Å². The van der Waals surface area contributed by atoms with Gasteiger partial charge in [-0.25, -0.2) is 4.98 Å². The Bertz CT molecular complexity index is 363. The summed E-state index contributed by atoms with van der Waals surface area (Å²) in [6, 6.07) is 5.53. The Labute approximate surface area is 76.0 Å². The first-order valence-electron chi connectivity index (χ1n) is 4.31. The molecule has 66 valence electrons. The van der Waals surface area contributed by atoms with Crippen molar-refractivity contribution in [1.82, 2.24) is 4.98 Å². The molecule has 0 spiro atoms. The third-order valence-corrected chi connectivity index (χ3v) is 2.70. The molecule has 0 bridgehead atoms. The van der Waals surface area contributed by atoms with Crippen molar-refractivity contribution in [1.29, 1.82) is 5.26 Å². The highest BCUT2D eigenvalue weighted by Crippen LogP contribution is 2.43. The van der Waals surface area contributed by atoms with Gasteiger partial charge in [-0.3, -0.25) is 0 Å². The fourth-order valence-electron chi connectivity index (χ4n) is 1.71. The van der Waals surface area contributed by atoms with E-state index in [0.29, 0.717) is 5.56 Å². The number of rotatable bonds is 1. The van der Waals surface area contributed by atoms with Crippen LogP contribution in [0.15, 0.2) is 18.3 Å². The number of nitriles is 1. The highest BCUT2D eigenvalue weighted by Gasteiger charge is 2.41. The summed E-state index contributed by atoms with van der Waals surface area (Å²) in [6.45, 7) is 0. The summed E-state index contributed by atoms with van der Waals surface area (Å²) in [7, 11) is 0. The van der Waals surface area contributed by atoms with Gasteiger partial charge in [0.05, 0.1) is 11.5 Å². The van der Waals surface area contributed by atoms with Gasteiger partial charge in [0.25, 0.3) is 0 Å². The Kier molecular flexibility index (Phi) is 1.77. The third kappa shape index (κ3) is 1.10. The largest absolute Gasteiger partial charge is 0.228 e. The molecule has 0 N–H and O–H groups in total. The van der Waals surface area contributed by atoms with Crippen molar-refractivity contribution in [2.24, 2.45) is 0 Å². The van der Waals surface area contributed by atoms with Gasteiger partial charge in [-0.1, -0.05) is 6.07 Å². The van der Waals surface area contributed by atoms with Crippen LogP contribution in [-0.2, 0) is 5.41 Å². The van der Waals surface area contributed by atoms with E-state index in [4.69, 9.17) is 5.26 Å². The van der Waals surface area contributed by atoms with Gasteiger partial charge in [0.2, 0.25) is 5.95 Å². The Balaban J connectivity index is 2.46. The summed E-state index contributed by atoms with van der Waals surface area (Å²) in [6.07, 6.45) is 3.92. The molecule has 1 fully saturated rings. The van der Waals surface area contributed by atoms with Gasteiger partial charge in [-0.15, -0.1) is 0 Å². The van der Waals surface area contributed by atoms with Crippen LogP contribution in [0, 0.1) is 17.3 Å². The van der Waals surface area contributed by atoms with Crippen molar-refractivity contribution in [3.63, 3.8) is 0 Å². The third-order valence-electron chi connectivity index (χ3n) is 2.70. The molecular weight excluding hydrogens is 167 g/mol. The normalized spacial score (nSPS) is 18.8. The number of aromatic nitrogens is 1. The predicted molar refractivity (Wildman–Crippen MR) is 45.3 cm³/mol. The number of hydrogen-bond donors (Lipinski definition) is 0. The van der Waals surface area contributed by atoms with Crippen molar-refractivity contribution in [2.75, 3.05) is 0 Å². The molecule has 2 nitrogen and oxygen atoms in total. The second-order valence-electron chi connectivity index (χ2n) is 3.39. The van der Waals surface area contributed by atoms with Crippen LogP contribution < -0.4 is 0 Å². The van der Waals surface area contributed by atoms with Crippen LogP contribution in [0.4, 0.5) is 4.39 Å². The molecule has 1 aromatic heterocycles. The second kappa shape index (κ2) is 2.81. The van der Waals surface area contributed by atoms with Crippen molar-refractivity contribution < 1.29 is 4.39 Å². The van der Waals surface area contributed by atoms with Gasteiger partial charge < -0.3 is 0 Å². The standard InChI is InChI=1S/C10H9FN2/c11-9-8(3-1-6-13-9)10(7-12)4-2-5-10/h1,3,6H,2,4-5H2. The minimum absolute atomic E-state index is 0.462. The van der Waals surface area contributed by atoms with E-state index < -0.39 is 11.4 Å². The lowest BCUT2D eigenvalue weighted by Gasteiger charge is -2.35. The maximum atomic E-state index is 13.2. The SMILES string of the molecule is N#CC1(c2cccnc2F)CCC1. The molecule has 1 aromatic rings. The van der Waals surface area contributed by atoms with Crippen LogP contribution in [-0.4, -0.2) is 4.98 Å². The van der Waals surface area contributed by atoms with E-state index in [0.717, 1.165) is 19.3 Å². The van der Waals surface area contributed by atoms with Crippen LogP contribution in [0.3, 0.4) is 0 Å². The molecule has 1 saturated carbocycles. The highest BCUT2D eigenvalue weighted by molar-refractivity contribution is 5.33. The molecule has 0 aromatic carbocycles. The van der Waals surface area contributed by atoms with E-state index >= 15 is 0 Å². The van der Waals surface area contributed by atoms with Gasteiger partial charge in [0, 0.05) is 11.8 Å². The number of halogens is 1. The average molecular weight is 176 g/mol. The zero-order valence-corrected chi connectivity index (χ0v) is 7.13. The molecule has 0 amide bonds. The first-order chi connectivity index (χ1) is 6.28. The average Bonchev–Trinajstić information content (AvgIpc) is 2.07. The lowest BCUT2D eigenvalue weighted by Crippen LogP contribution is -2.33.